The summed E-state index contributed by atoms with van der Waals surface area (Å²) in [6.45, 7) is 0. The van der Waals surface area contributed by atoms with Crippen LogP contribution in [-0.4, -0.2) is 24.1 Å². The zero-order chi connectivity index (χ0) is 41.0. The van der Waals surface area contributed by atoms with Gasteiger partial charge in [0.15, 0.2) is 11.6 Å². The molecule has 0 aliphatic carbocycles. The molecular weight excluding hydrogens is 755 g/mol. The van der Waals surface area contributed by atoms with Gasteiger partial charge in [0.2, 0.25) is 5.95 Å². The molecule has 0 saturated carbocycles. The van der Waals surface area contributed by atoms with E-state index in [1.54, 1.807) is 0 Å². The van der Waals surface area contributed by atoms with Crippen molar-refractivity contribution in [3.05, 3.63) is 224 Å². The normalized spacial score (nSPS) is 11.5. The maximum atomic E-state index is 5.48. The van der Waals surface area contributed by atoms with E-state index in [4.69, 9.17) is 15.0 Å². The number of benzene rings is 9. The number of nitrogens with zero attached hydrogens (tertiary/aromatic N) is 5. The Bertz CT molecular complexity index is 3610. The van der Waals surface area contributed by atoms with E-state index < -0.39 is 0 Å². The van der Waals surface area contributed by atoms with Gasteiger partial charge in [0.1, 0.15) is 0 Å². The lowest BCUT2D eigenvalue weighted by molar-refractivity contribution is 0.953. The maximum Gasteiger partial charge on any atom is 0.238 e. The van der Waals surface area contributed by atoms with Gasteiger partial charge in [-0.05, 0) is 46.0 Å². The SMILES string of the molecule is c1ccc(-c2ccc(-c3nc(-c4ccccc4-c4ccccc4)nc(-n4c5ccccc5c5ccc6c7ccccc7n(-c7ccccc7-c7ccccc7)c6c54)n3)cc2)cc1. The first-order valence-corrected chi connectivity index (χ1v) is 21.0. The summed E-state index contributed by atoms with van der Waals surface area (Å²) < 4.78 is 4.71. The van der Waals surface area contributed by atoms with Crippen molar-refractivity contribution in [2.75, 3.05) is 0 Å². The van der Waals surface area contributed by atoms with Crippen LogP contribution in [0.2, 0.25) is 0 Å². The van der Waals surface area contributed by atoms with Gasteiger partial charge in [-0.1, -0.05) is 206 Å². The Kier molecular flexibility index (Phi) is 8.42. The third-order valence-corrected chi connectivity index (χ3v) is 12.0. The first-order chi connectivity index (χ1) is 30.8. The molecule has 0 spiro atoms. The predicted molar refractivity (Wildman–Crippen MR) is 256 cm³/mol. The summed E-state index contributed by atoms with van der Waals surface area (Å²) in [4.78, 5) is 16.2. The molecule has 9 aromatic carbocycles. The van der Waals surface area contributed by atoms with E-state index in [0.717, 1.165) is 88.4 Å². The Balaban J connectivity index is 1.19. The smallest absolute Gasteiger partial charge is 0.238 e. The average molecular weight is 792 g/mol. The molecule has 290 valence electrons. The fourth-order valence-electron chi connectivity index (χ4n) is 9.19. The highest BCUT2D eigenvalue weighted by atomic mass is 15.2. The lowest BCUT2D eigenvalue weighted by Crippen LogP contribution is -2.07. The van der Waals surface area contributed by atoms with Crippen LogP contribution >= 0.6 is 0 Å². The molecule has 0 N–H and O–H groups in total. The second-order valence-electron chi connectivity index (χ2n) is 15.6. The minimum atomic E-state index is 0.548. The number of aromatic nitrogens is 5. The van der Waals surface area contributed by atoms with Crippen LogP contribution in [0.3, 0.4) is 0 Å². The van der Waals surface area contributed by atoms with Crippen LogP contribution in [0.4, 0.5) is 0 Å². The molecular formula is C57H37N5. The van der Waals surface area contributed by atoms with Crippen LogP contribution in [0.25, 0.3) is 111 Å². The molecule has 3 heterocycles. The molecule has 0 aliphatic heterocycles. The summed E-state index contributed by atoms with van der Waals surface area (Å²) in [5.74, 6) is 1.75. The van der Waals surface area contributed by atoms with Gasteiger partial charge in [-0.3, -0.25) is 4.57 Å². The fraction of sp³-hybridized carbons (Fsp3) is 0. The van der Waals surface area contributed by atoms with E-state index >= 15 is 0 Å². The predicted octanol–water partition coefficient (Wildman–Crippen LogP) is 14.4. The number of fused-ring (bicyclic) bond motifs is 7. The molecule has 12 aromatic rings. The highest BCUT2D eigenvalue weighted by molar-refractivity contribution is 6.24. The second kappa shape index (κ2) is 14.7. The highest BCUT2D eigenvalue weighted by Gasteiger charge is 2.25. The molecule has 0 fully saturated rings. The van der Waals surface area contributed by atoms with Crippen molar-refractivity contribution in [1.82, 2.24) is 24.1 Å². The van der Waals surface area contributed by atoms with Crippen molar-refractivity contribution in [2.24, 2.45) is 0 Å². The van der Waals surface area contributed by atoms with Gasteiger partial charge in [0.25, 0.3) is 0 Å². The van der Waals surface area contributed by atoms with E-state index in [9.17, 15) is 0 Å². The molecule has 0 atom stereocenters. The van der Waals surface area contributed by atoms with Crippen LogP contribution in [0.1, 0.15) is 0 Å². The standard InChI is InChI=1S/C57H37N5/c1-4-18-38(19-5-1)39-32-34-42(35-33-39)55-58-56(49-28-11-10-24-43(49)40-20-6-2-7-21-40)60-57(59-55)62-52-31-17-14-27-46(52)48-37-36-47-45-26-13-16-30-51(45)61(53(47)54(48)62)50-29-15-12-25-44(50)41-22-8-3-9-23-41/h1-37H. The number of hydrogen-bond donors (Lipinski definition) is 0. The Labute approximate surface area is 358 Å². The lowest BCUT2D eigenvalue weighted by Gasteiger charge is -2.16. The highest BCUT2D eigenvalue weighted by Crippen LogP contribution is 2.43. The van der Waals surface area contributed by atoms with Crippen LogP contribution in [0.15, 0.2) is 224 Å². The van der Waals surface area contributed by atoms with Crippen LogP contribution in [-0.2, 0) is 0 Å². The van der Waals surface area contributed by atoms with Gasteiger partial charge in [0, 0.05) is 38.2 Å². The van der Waals surface area contributed by atoms with E-state index in [1.807, 2.05) is 12.1 Å². The first kappa shape index (κ1) is 35.5. The zero-order valence-corrected chi connectivity index (χ0v) is 33.6. The Morgan fingerprint density at radius 2 is 0.694 bits per heavy atom. The van der Waals surface area contributed by atoms with Gasteiger partial charge in [0.05, 0.1) is 27.8 Å². The third-order valence-electron chi connectivity index (χ3n) is 12.0. The molecule has 0 bridgehead atoms. The third kappa shape index (κ3) is 5.82. The molecule has 12 rings (SSSR count). The molecule has 0 unspecified atom stereocenters. The summed E-state index contributed by atoms with van der Waals surface area (Å²) in [6, 6.07) is 79.1. The molecule has 0 amide bonds. The van der Waals surface area contributed by atoms with Crippen molar-refractivity contribution >= 4 is 43.6 Å². The van der Waals surface area contributed by atoms with Crippen molar-refractivity contribution < 1.29 is 0 Å². The molecule has 5 nitrogen and oxygen atoms in total. The van der Waals surface area contributed by atoms with Crippen molar-refractivity contribution in [3.63, 3.8) is 0 Å². The van der Waals surface area contributed by atoms with E-state index in [2.05, 4.69) is 221 Å². The Morgan fingerprint density at radius 3 is 1.34 bits per heavy atom. The van der Waals surface area contributed by atoms with Gasteiger partial charge in [-0.15, -0.1) is 0 Å². The fourth-order valence-corrected chi connectivity index (χ4v) is 9.19. The second-order valence-corrected chi connectivity index (χ2v) is 15.6. The van der Waals surface area contributed by atoms with Crippen molar-refractivity contribution in [1.29, 1.82) is 0 Å². The van der Waals surface area contributed by atoms with Crippen molar-refractivity contribution in [3.8, 4) is 67.8 Å². The summed E-state index contributed by atoms with van der Waals surface area (Å²) in [5, 5.41) is 4.57. The summed E-state index contributed by atoms with van der Waals surface area (Å²) in [7, 11) is 0. The molecule has 5 heteroatoms. The van der Waals surface area contributed by atoms with E-state index in [1.165, 1.54) is 5.39 Å². The number of hydrogen-bond acceptors (Lipinski definition) is 3. The zero-order valence-electron chi connectivity index (χ0n) is 33.6. The molecule has 3 aromatic heterocycles. The van der Waals surface area contributed by atoms with Crippen molar-refractivity contribution in [2.45, 2.75) is 0 Å². The first-order valence-electron chi connectivity index (χ1n) is 21.0. The minimum Gasteiger partial charge on any atom is -0.307 e. The topological polar surface area (TPSA) is 48.5 Å². The van der Waals surface area contributed by atoms with E-state index in [-0.39, 0.29) is 0 Å². The van der Waals surface area contributed by atoms with Gasteiger partial charge < -0.3 is 4.57 Å². The monoisotopic (exact) mass is 791 g/mol. The molecule has 0 radical (unpaired) electrons. The molecule has 0 aliphatic rings. The molecule has 0 saturated heterocycles. The van der Waals surface area contributed by atoms with Gasteiger partial charge in [-0.25, -0.2) is 4.98 Å². The summed E-state index contributed by atoms with van der Waals surface area (Å²) >= 11 is 0. The number of para-hydroxylation sites is 3. The van der Waals surface area contributed by atoms with Crippen LogP contribution in [0.5, 0.6) is 0 Å². The minimum absolute atomic E-state index is 0.548. The largest absolute Gasteiger partial charge is 0.307 e. The van der Waals surface area contributed by atoms with Gasteiger partial charge in [-0.2, -0.15) is 9.97 Å². The Morgan fingerprint density at radius 1 is 0.258 bits per heavy atom. The summed E-state index contributed by atoms with van der Waals surface area (Å²) in [5.41, 5.74) is 13.9. The maximum absolute atomic E-state index is 5.48. The molecule has 62 heavy (non-hydrogen) atoms. The van der Waals surface area contributed by atoms with E-state index in [0.29, 0.717) is 17.6 Å². The average Bonchev–Trinajstić information content (AvgIpc) is 3.88. The van der Waals surface area contributed by atoms with Gasteiger partial charge >= 0.3 is 0 Å². The number of rotatable bonds is 7. The Hall–Kier alpha value is -8.41. The lowest BCUT2D eigenvalue weighted by atomic mass is 9.99. The quantitative estimate of drug-likeness (QED) is 0.162. The van der Waals surface area contributed by atoms with Crippen LogP contribution in [0, 0.1) is 0 Å². The summed E-state index contributed by atoms with van der Waals surface area (Å²) in [6.07, 6.45) is 0. The van der Waals surface area contributed by atoms with Crippen LogP contribution < -0.4 is 0 Å².